The average molecular weight is 429 g/mol. The van der Waals surface area contributed by atoms with Crippen LogP contribution in [0.4, 0.5) is 17.6 Å². The Morgan fingerprint density at radius 3 is 2.23 bits per heavy atom. The van der Waals surface area contributed by atoms with Gasteiger partial charge in [0.25, 0.3) is 0 Å². The number of guanidine groups is 1. The van der Waals surface area contributed by atoms with Crippen LogP contribution in [0.5, 0.6) is 17.2 Å². The summed E-state index contributed by atoms with van der Waals surface area (Å²) in [5.41, 5.74) is -0.502. The first-order valence-corrected chi connectivity index (χ1v) is 9.01. The predicted octanol–water partition coefficient (Wildman–Crippen LogP) is 3.82. The molecule has 0 saturated carbocycles. The smallest absolute Gasteiger partial charge is 0.416 e. The third-order valence-electron chi connectivity index (χ3n) is 4.13. The number of ether oxygens (including phenoxy) is 2. The van der Waals surface area contributed by atoms with E-state index in [0.29, 0.717) is 18.2 Å². The zero-order chi connectivity index (χ0) is 22.3. The van der Waals surface area contributed by atoms with Gasteiger partial charge in [0, 0.05) is 13.1 Å². The van der Waals surface area contributed by atoms with Crippen LogP contribution in [-0.4, -0.2) is 31.8 Å². The Morgan fingerprint density at radius 1 is 1.07 bits per heavy atom. The molecule has 6 nitrogen and oxygen atoms in total. The van der Waals surface area contributed by atoms with Crippen molar-refractivity contribution in [3.63, 3.8) is 0 Å². The van der Waals surface area contributed by atoms with Crippen LogP contribution in [0, 0.1) is 5.82 Å². The van der Waals surface area contributed by atoms with Crippen molar-refractivity contribution < 1.29 is 32.1 Å². The Kier molecular flexibility index (Phi) is 7.73. The van der Waals surface area contributed by atoms with Crippen LogP contribution in [-0.2, 0) is 19.3 Å². The van der Waals surface area contributed by atoms with Gasteiger partial charge in [-0.2, -0.15) is 13.2 Å². The second kappa shape index (κ2) is 10.0. The van der Waals surface area contributed by atoms with Crippen molar-refractivity contribution in [3.8, 4) is 17.2 Å². The van der Waals surface area contributed by atoms with E-state index in [1.54, 1.807) is 12.1 Å². The van der Waals surface area contributed by atoms with Crippen molar-refractivity contribution in [1.82, 2.24) is 10.6 Å². The van der Waals surface area contributed by atoms with E-state index < -0.39 is 17.6 Å². The third-order valence-corrected chi connectivity index (χ3v) is 4.13. The fourth-order valence-corrected chi connectivity index (χ4v) is 2.70. The van der Waals surface area contributed by atoms with Gasteiger partial charge in [-0.25, -0.2) is 9.38 Å². The van der Waals surface area contributed by atoms with Crippen LogP contribution in [0.3, 0.4) is 0 Å². The molecular weight excluding hydrogens is 406 g/mol. The normalized spacial score (nSPS) is 11.9. The van der Waals surface area contributed by atoms with E-state index >= 15 is 0 Å². The van der Waals surface area contributed by atoms with Gasteiger partial charge in [0.05, 0.1) is 26.3 Å². The summed E-state index contributed by atoms with van der Waals surface area (Å²) in [5, 5.41) is 15.7. The number of aliphatic imine (C=N–C) groups is 1. The lowest BCUT2D eigenvalue weighted by Crippen LogP contribution is -2.37. The molecule has 30 heavy (non-hydrogen) atoms. The molecule has 0 aliphatic rings. The zero-order valence-electron chi connectivity index (χ0n) is 16.7. The van der Waals surface area contributed by atoms with Gasteiger partial charge in [0.1, 0.15) is 5.82 Å². The van der Waals surface area contributed by atoms with Crippen molar-refractivity contribution in [3.05, 3.63) is 52.8 Å². The molecule has 0 fully saturated rings. The molecule has 0 aromatic heterocycles. The summed E-state index contributed by atoms with van der Waals surface area (Å²) < 4.78 is 62.9. The van der Waals surface area contributed by atoms with Crippen LogP contribution < -0.4 is 20.1 Å². The van der Waals surface area contributed by atoms with Crippen molar-refractivity contribution in [2.24, 2.45) is 4.99 Å². The van der Waals surface area contributed by atoms with Crippen molar-refractivity contribution in [2.75, 3.05) is 20.8 Å². The number of rotatable bonds is 7. The van der Waals surface area contributed by atoms with Gasteiger partial charge in [-0.3, -0.25) is 0 Å². The molecule has 0 spiro atoms. The SMILES string of the molecule is CCNC(=NCc1cc(OC)c(O)c(OC)c1)NCc1ccc(F)cc1C(F)(F)F. The van der Waals surface area contributed by atoms with Gasteiger partial charge in [0.2, 0.25) is 5.75 Å². The maximum atomic E-state index is 13.3. The largest absolute Gasteiger partial charge is 0.502 e. The molecule has 0 radical (unpaired) electrons. The standard InChI is InChI=1S/C20H23F4N3O3/c1-4-25-19(26-10-12-7-16(29-2)18(28)17(8-12)30-3)27-11-13-5-6-14(21)9-15(13)20(22,23)24/h5-9,28H,4,10-11H2,1-3H3,(H2,25,26,27). The van der Waals surface area contributed by atoms with Gasteiger partial charge in [-0.1, -0.05) is 6.07 Å². The van der Waals surface area contributed by atoms with E-state index in [9.17, 15) is 22.7 Å². The highest BCUT2D eigenvalue weighted by Crippen LogP contribution is 2.37. The molecule has 0 unspecified atom stereocenters. The van der Waals surface area contributed by atoms with E-state index in [4.69, 9.17) is 9.47 Å². The maximum Gasteiger partial charge on any atom is 0.416 e. The number of aromatic hydroxyl groups is 1. The van der Waals surface area contributed by atoms with Crippen molar-refractivity contribution in [1.29, 1.82) is 0 Å². The molecule has 2 rings (SSSR count). The molecule has 164 valence electrons. The Bertz CT molecular complexity index is 876. The minimum Gasteiger partial charge on any atom is -0.502 e. The number of hydrogen-bond donors (Lipinski definition) is 3. The fourth-order valence-electron chi connectivity index (χ4n) is 2.70. The number of nitrogens with zero attached hydrogens (tertiary/aromatic N) is 1. The summed E-state index contributed by atoms with van der Waals surface area (Å²) in [7, 11) is 2.79. The molecule has 0 aliphatic carbocycles. The molecule has 0 amide bonds. The Balaban J connectivity index is 2.21. The summed E-state index contributed by atoms with van der Waals surface area (Å²) in [4.78, 5) is 4.34. The minimum absolute atomic E-state index is 0.109. The van der Waals surface area contributed by atoms with Crippen LogP contribution in [0.1, 0.15) is 23.6 Å². The number of halogens is 4. The lowest BCUT2D eigenvalue weighted by molar-refractivity contribution is -0.138. The first-order valence-electron chi connectivity index (χ1n) is 9.01. The van der Waals surface area contributed by atoms with Crippen LogP contribution in [0.25, 0.3) is 0 Å². The quantitative estimate of drug-likeness (QED) is 0.355. The summed E-state index contributed by atoms with van der Waals surface area (Å²) in [5.74, 6) is -0.422. The number of phenolic OH excluding ortho intramolecular Hbond substituents is 1. The van der Waals surface area contributed by atoms with E-state index in [1.807, 2.05) is 6.92 Å². The average Bonchev–Trinajstić information content (AvgIpc) is 2.70. The summed E-state index contributed by atoms with van der Waals surface area (Å²) in [6.07, 6.45) is -4.67. The number of alkyl halides is 3. The second-order valence-corrected chi connectivity index (χ2v) is 6.20. The van der Waals surface area contributed by atoms with E-state index in [2.05, 4.69) is 15.6 Å². The minimum atomic E-state index is -4.67. The molecule has 10 heteroatoms. The van der Waals surface area contributed by atoms with Crippen molar-refractivity contribution >= 4 is 5.96 Å². The van der Waals surface area contributed by atoms with Gasteiger partial charge in [-0.15, -0.1) is 0 Å². The molecular formula is C20H23F4N3O3. The summed E-state index contributed by atoms with van der Waals surface area (Å²) >= 11 is 0. The molecule has 0 heterocycles. The monoisotopic (exact) mass is 429 g/mol. The molecule has 2 aromatic rings. The first-order chi connectivity index (χ1) is 14.2. The van der Waals surface area contributed by atoms with Crippen LogP contribution in [0.2, 0.25) is 0 Å². The van der Waals surface area contributed by atoms with Gasteiger partial charge in [-0.05, 0) is 42.3 Å². The zero-order valence-corrected chi connectivity index (χ0v) is 16.7. The lowest BCUT2D eigenvalue weighted by atomic mass is 10.1. The van der Waals surface area contributed by atoms with E-state index in [-0.39, 0.29) is 41.9 Å². The second-order valence-electron chi connectivity index (χ2n) is 6.20. The summed E-state index contributed by atoms with van der Waals surface area (Å²) in [6, 6.07) is 5.69. The molecule has 2 aromatic carbocycles. The lowest BCUT2D eigenvalue weighted by Gasteiger charge is -2.16. The van der Waals surface area contributed by atoms with E-state index in [0.717, 1.165) is 12.1 Å². The number of benzene rings is 2. The first kappa shape index (κ1) is 23.1. The van der Waals surface area contributed by atoms with Gasteiger partial charge in [0.15, 0.2) is 17.5 Å². The number of nitrogens with one attached hydrogen (secondary N) is 2. The molecule has 0 aliphatic heterocycles. The third kappa shape index (κ3) is 5.91. The van der Waals surface area contributed by atoms with E-state index in [1.165, 1.54) is 14.2 Å². The number of phenols is 1. The highest BCUT2D eigenvalue weighted by atomic mass is 19.4. The van der Waals surface area contributed by atoms with Crippen LogP contribution >= 0.6 is 0 Å². The topological polar surface area (TPSA) is 75.1 Å². The Morgan fingerprint density at radius 2 is 1.70 bits per heavy atom. The molecule has 0 saturated heterocycles. The number of hydrogen-bond acceptors (Lipinski definition) is 4. The summed E-state index contributed by atoms with van der Waals surface area (Å²) in [6.45, 7) is 2.22. The van der Waals surface area contributed by atoms with Crippen molar-refractivity contribution in [2.45, 2.75) is 26.2 Å². The molecule has 0 bridgehead atoms. The predicted molar refractivity (Wildman–Crippen MR) is 104 cm³/mol. The highest BCUT2D eigenvalue weighted by Gasteiger charge is 2.33. The van der Waals surface area contributed by atoms with Crippen LogP contribution in [0.15, 0.2) is 35.3 Å². The maximum absolute atomic E-state index is 13.3. The molecule has 3 N–H and O–H groups in total. The Labute approximate surface area is 171 Å². The molecule has 0 atom stereocenters. The highest BCUT2D eigenvalue weighted by molar-refractivity contribution is 5.79. The number of methoxy groups -OCH3 is 2. The fraction of sp³-hybridized carbons (Fsp3) is 0.350. The Hall–Kier alpha value is -3.17. The van der Waals surface area contributed by atoms with Gasteiger partial charge < -0.3 is 25.2 Å². The van der Waals surface area contributed by atoms with Gasteiger partial charge >= 0.3 is 6.18 Å².